The summed E-state index contributed by atoms with van der Waals surface area (Å²) < 4.78 is 0. The molecule has 0 aromatic rings. The van der Waals surface area contributed by atoms with Crippen LogP contribution in [0.5, 0.6) is 0 Å². The van der Waals surface area contributed by atoms with E-state index in [-0.39, 0.29) is 11.2 Å². The highest BCUT2D eigenvalue weighted by atomic mass is 16.1. The highest BCUT2D eigenvalue weighted by Crippen LogP contribution is 2.36. The van der Waals surface area contributed by atoms with Crippen molar-refractivity contribution >= 4 is 5.78 Å². The lowest BCUT2D eigenvalue weighted by Gasteiger charge is -2.33. The Labute approximate surface area is 68.5 Å². The van der Waals surface area contributed by atoms with Gasteiger partial charge in [0.15, 0.2) is 5.78 Å². The van der Waals surface area contributed by atoms with Gasteiger partial charge < -0.3 is 0 Å². The second kappa shape index (κ2) is 2.80. The first-order chi connectivity index (χ1) is 5.09. The number of carbonyl (C=O) groups excluding carboxylic acids is 1. The average molecular weight is 152 g/mol. The van der Waals surface area contributed by atoms with Crippen LogP contribution in [0.25, 0.3) is 0 Å². The minimum atomic E-state index is -0.122. The van der Waals surface area contributed by atoms with E-state index in [1.54, 1.807) is 6.08 Å². The van der Waals surface area contributed by atoms with Crippen LogP contribution in [0.1, 0.15) is 33.6 Å². The van der Waals surface area contributed by atoms with E-state index in [2.05, 4.69) is 6.92 Å². The van der Waals surface area contributed by atoms with Crippen molar-refractivity contribution in [1.82, 2.24) is 0 Å². The SMILES string of the molecule is CC[C@H]1CC=CC(=O)C1(C)C. The number of hydrogen-bond acceptors (Lipinski definition) is 1. The molecule has 1 atom stereocenters. The molecule has 0 bridgehead atoms. The molecule has 0 saturated carbocycles. The van der Waals surface area contributed by atoms with Gasteiger partial charge in [-0.1, -0.05) is 33.3 Å². The van der Waals surface area contributed by atoms with Crippen molar-refractivity contribution in [3.63, 3.8) is 0 Å². The summed E-state index contributed by atoms with van der Waals surface area (Å²) in [6.45, 7) is 6.25. The molecule has 0 heterocycles. The lowest BCUT2D eigenvalue weighted by Crippen LogP contribution is -2.33. The summed E-state index contributed by atoms with van der Waals surface area (Å²) in [5.74, 6) is 0.829. The van der Waals surface area contributed by atoms with Gasteiger partial charge in [-0.2, -0.15) is 0 Å². The van der Waals surface area contributed by atoms with E-state index >= 15 is 0 Å². The van der Waals surface area contributed by atoms with Crippen LogP contribution in [-0.2, 0) is 4.79 Å². The van der Waals surface area contributed by atoms with Gasteiger partial charge in [-0.05, 0) is 18.4 Å². The molecule has 0 fully saturated rings. The van der Waals surface area contributed by atoms with Crippen molar-refractivity contribution < 1.29 is 4.79 Å². The van der Waals surface area contributed by atoms with Crippen LogP contribution in [0.15, 0.2) is 12.2 Å². The van der Waals surface area contributed by atoms with Crippen LogP contribution in [0, 0.1) is 11.3 Å². The lowest BCUT2D eigenvalue weighted by atomic mass is 9.70. The molecule has 1 aliphatic carbocycles. The molecule has 0 amide bonds. The molecule has 1 nitrogen and oxygen atoms in total. The van der Waals surface area contributed by atoms with Crippen molar-refractivity contribution in [3.8, 4) is 0 Å². The van der Waals surface area contributed by atoms with Crippen LogP contribution in [-0.4, -0.2) is 5.78 Å². The number of carbonyl (C=O) groups is 1. The first kappa shape index (κ1) is 8.51. The van der Waals surface area contributed by atoms with E-state index in [4.69, 9.17) is 0 Å². The van der Waals surface area contributed by atoms with Gasteiger partial charge in [0.25, 0.3) is 0 Å². The van der Waals surface area contributed by atoms with Crippen LogP contribution in [0.3, 0.4) is 0 Å². The van der Waals surface area contributed by atoms with Crippen LogP contribution < -0.4 is 0 Å². The summed E-state index contributed by atoms with van der Waals surface area (Å²) in [5.41, 5.74) is -0.122. The van der Waals surface area contributed by atoms with Crippen molar-refractivity contribution in [2.45, 2.75) is 33.6 Å². The van der Waals surface area contributed by atoms with E-state index in [1.807, 2.05) is 19.9 Å². The molecular formula is C10H16O. The van der Waals surface area contributed by atoms with Gasteiger partial charge >= 0.3 is 0 Å². The Morgan fingerprint density at radius 1 is 1.64 bits per heavy atom. The zero-order valence-corrected chi connectivity index (χ0v) is 7.55. The Morgan fingerprint density at radius 2 is 2.27 bits per heavy atom. The van der Waals surface area contributed by atoms with Crippen LogP contribution in [0.4, 0.5) is 0 Å². The Kier molecular flexibility index (Phi) is 2.17. The Bertz CT molecular complexity index is 189. The molecule has 62 valence electrons. The molecule has 0 saturated heterocycles. The minimum Gasteiger partial charge on any atom is -0.294 e. The van der Waals surface area contributed by atoms with Crippen molar-refractivity contribution in [2.24, 2.45) is 11.3 Å². The average Bonchev–Trinajstić information content (AvgIpc) is 1.95. The van der Waals surface area contributed by atoms with E-state index in [1.165, 1.54) is 0 Å². The molecule has 0 N–H and O–H groups in total. The molecule has 0 aromatic heterocycles. The molecule has 11 heavy (non-hydrogen) atoms. The van der Waals surface area contributed by atoms with Gasteiger partial charge in [0.2, 0.25) is 0 Å². The first-order valence-corrected chi connectivity index (χ1v) is 4.30. The standard InChI is InChI=1S/C10H16O/c1-4-8-6-5-7-9(11)10(8,2)3/h5,7-8H,4,6H2,1-3H3/t8-/m0/s1. The van der Waals surface area contributed by atoms with Gasteiger partial charge in [0, 0.05) is 5.41 Å². The maximum Gasteiger partial charge on any atom is 0.161 e. The number of rotatable bonds is 1. The molecule has 1 aliphatic rings. The zero-order valence-electron chi connectivity index (χ0n) is 7.55. The minimum absolute atomic E-state index is 0.122. The van der Waals surface area contributed by atoms with E-state index in [0.717, 1.165) is 12.8 Å². The third kappa shape index (κ3) is 1.37. The second-order valence-corrected chi connectivity index (χ2v) is 3.83. The largest absolute Gasteiger partial charge is 0.294 e. The Hall–Kier alpha value is -0.590. The quantitative estimate of drug-likeness (QED) is 0.564. The lowest BCUT2D eigenvalue weighted by molar-refractivity contribution is -0.125. The summed E-state index contributed by atoms with van der Waals surface area (Å²) in [7, 11) is 0. The molecule has 1 heteroatoms. The molecule has 0 aliphatic heterocycles. The molecule has 0 spiro atoms. The monoisotopic (exact) mass is 152 g/mol. The number of ketones is 1. The van der Waals surface area contributed by atoms with E-state index < -0.39 is 0 Å². The first-order valence-electron chi connectivity index (χ1n) is 4.30. The van der Waals surface area contributed by atoms with Crippen molar-refractivity contribution in [1.29, 1.82) is 0 Å². The number of allylic oxidation sites excluding steroid dienone is 2. The maximum atomic E-state index is 11.4. The van der Waals surface area contributed by atoms with Gasteiger partial charge in [0.05, 0.1) is 0 Å². The fourth-order valence-corrected chi connectivity index (χ4v) is 1.73. The predicted molar refractivity (Wildman–Crippen MR) is 46.3 cm³/mol. The fourth-order valence-electron chi connectivity index (χ4n) is 1.73. The molecule has 0 radical (unpaired) electrons. The van der Waals surface area contributed by atoms with Crippen molar-refractivity contribution in [2.75, 3.05) is 0 Å². The summed E-state index contributed by atoms with van der Waals surface area (Å²) >= 11 is 0. The molecule has 1 rings (SSSR count). The van der Waals surface area contributed by atoms with Crippen LogP contribution in [0.2, 0.25) is 0 Å². The summed E-state index contributed by atoms with van der Waals surface area (Å²) in [4.78, 5) is 11.4. The van der Waals surface area contributed by atoms with Gasteiger partial charge in [0.1, 0.15) is 0 Å². The summed E-state index contributed by atoms with van der Waals surface area (Å²) in [6.07, 6.45) is 5.90. The summed E-state index contributed by atoms with van der Waals surface area (Å²) in [5, 5.41) is 0. The van der Waals surface area contributed by atoms with Gasteiger partial charge in [-0.25, -0.2) is 0 Å². The second-order valence-electron chi connectivity index (χ2n) is 3.83. The number of hydrogen-bond donors (Lipinski definition) is 0. The Balaban J connectivity index is 2.86. The highest BCUT2D eigenvalue weighted by molar-refractivity contribution is 5.95. The normalized spacial score (nSPS) is 29.0. The van der Waals surface area contributed by atoms with E-state index in [9.17, 15) is 4.79 Å². The predicted octanol–water partition coefficient (Wildman–Crippen LogP) is 2.57. The fraction of sp³-hybridized carbons (Fsp3) is 0.700. The maximum absolute atomic E-state index is 11.4. The smallest absolute Gasteiger partial charge is 0.161 e. The Morgan fingerprint density at radius 3 is 2.73 bits per heavy atom. The van der Waals surface area contributed by atoms with E-state index in [0.29, 0.717) is 5.92 Å². The van der Waals surface area contributed by atoms with Gasteiger partial charge in [-0.15, -0.1) is 0 Å². The van der Waals surface area contributed by atoms with Gasteiger partial charge in [-0.3, -0.25) is 4.79 Å². The third-order valence-electron chi connectivity index (χ3n) is 2.84. The van der Waals surface area contributed by atoms with Crippen molar-refractivity contribution in [3.05, 3.63) is 12.2 Å². The zero-order chi connectivity index (χ0) is 8.48. The molecular weight excluding hydrogens is 136 g/mol. The molecule has 0 aromatic carbocycles. The third-order valence-corrected chi connectivity index (χ3v) is 2.84. The topological polar surface area (TPSA) is 17.1 Å². The van der Waals surface area contributed by atoms with Crippen LogP contribution >= 0.6 is 0 Å². The highest BCUT2D eigenvalue weighted by Gasteiger charge is 2.35. The summed E-state index contributed by atoms with van der Waals surface area (Å²) in [6, 6.07) is 0. The molecule has 0 unspecified atom stereocenters.